The summed E-state index contributed by atoms with van der Waals surface area (Å²) in [4.78, 5) is 0. The number of aromatic nitrogens is 1. The minimum Gasteiger partial charge on any atom is -0.457 e. The van der Waals surface area contributed by atoms with Crippen LogP contribution in [0.4, 0.5) is 0 Å². The summed E-state index contributed by atoms with van der Waals surface area (Å²) in [6.45, 7) is 0.168. The van der Waals surface area contributed by atoms with Crippen LogP contribution in [0.1, 0.15) is 0 Å². The van der Waals surface area contributed by atoms with Crippen molar-refractivity contribution in [1.82, 2.24) is 4.57 Å². The lowest BCUT2D eigenvalue weighted by molar-refractivity contribution is 0.125. The second kappa shape index (κ2) is 8.51. The van der Waals surface area contributed by atoms with E-state index in [1.807, 2.05) is 18.2 Å². The fraction of sp³-hybridized carbons (Fsp3) is 0.0270. The number of rotatable bonds is 2. The van der Waals surface area contributed by atoms with Crippen LogP contribution in [0.2, 0.25) is 0 Å². The van der Waals surface area contributed by atoms with Crippen molar-refractivity contribution in [1.29, 1.82) is 0 Å². The smallest absolute Gasteiger partial charge is 0.230 e. The van der Waals surface area contributed by atoms with Gasteiger partial charge >= 0.3 is 0 Å². The molecule has 0 fully saturated rings. The van der Waals surface area contributed by atoms with Gasteiger partial charge in [-0.05, 0) is 71.8 Å². The van der Waals surface area contributed by atoms with Crippen LogP contribution in [0.3, 0.4) is 0 Å². The molecule has 0 saturated carbocycles. The van der Waals surface area contributed by atoms with E-state index in [1.54, 1.807) is 0 Å². The third-order valence-electron chi connectivity index (χ3n) is 8.21. The largest absolute Gasteiger partial charge is 0.457 e. The van der Waals surface area contributed by atoms with Gasteiger partial charge in [0.15, 0.2) is 0 Å². The number of para-hydroxylation sites is 3. The third kappa shape index (κ3) is 3.34. The van der Waals surface area contributed by atoms with Gasteiger partial charge in [-0.2, -0.15) is 0 Å². The van der Waals surface area contributed by atoms with Crippen molar-refractivity contribution < 1.29 is 13.9 Å². The van der Waals surface area contributed by atoms with Crippen LogP contribution >= 0.6 is 0 Å². The van der Waals surface area contributed by atoms with Crippen molar-refractivity contribution in [3.63, 3.8) is 0 Å². The zero-order valence-corrected chi connectivity index (χ0v) is 22.0. The molecule has 9 rings (SSSR count). The summed E-state index contributed by atoms with van der Waals surface area (Å²) in [7, 11) is 0. The number of nitrogens with zero attached hydrogens (tertiary/aromatic N) is 1. The molecule has 3 heterocycles. The Morgan fingerprint density at radius 1 is 0.463 bits per heavy atom. The lowest BCUT2D eigenvalue weighted by atomic mass is 9.96. The Bertz CT molecular complexity index is 2250. The molecule has 8 aromatic rings. The first-order chi connectivity index (χ1) is 20.3. The Labute approximate surface area is 235 Å². The van der Waals surface area contributed by atoms with E-state index in [4.69, 9.17) is 13.9 Å². The van der Waals surface area contributed by atoms with E-state index in [2.05, 4.69) is 114 Å². The summed E-state index contributed by atoms with van der Waals surface area (Å²) in [5.74, 6) is 1.61. The van der Waals surface area contributed by atoms with Gasteiger partial charge in [0.05, 0.1) is 11.0 Å². The van der Waals surface area contributed by atoms with Gasteiger partial charge in [0.25, 0.3) is 0 Å². The highest BCUT2D eigenvalue weighted by Crippen LogP contribution is 2.43. The van der Waals surface area contributed by atoms with Crippen molar-refractivity contribution in [2.75, 3.05) is 6.79 Å². The van der Waals surface area contributed by atoms with Crippen molar-refractivity contribution in [2.45, 2.75) is 0 Å². The highest BCUT2D eigenvalue weighted by molar-refractivity contribution is 6.09. The molecule has 4 nitrogen and oxygen atoms in total. The van der Waals surface area contributed by atoms with Gasteiger partial charge in [0.2, 0.25) is 6.79 Å². The van der Waals surface area contributed by atoms with Gasteiger partial charge in [-0.15, -0.1) is 0 Å². The van der Waals surface area contributed by atoms with Gasteiger partial charge in [-0.3, -0.25) is 0 Å². The second-order valence-electron chi connectivity index (χ2n) is 10.5. The summed E-state index contributed by atoms with van der Waals surface area (Å²) in [5.41, 5.74) is 9.47. The van der Waals surface area contributed by atoms with Gasteiger partial charge < -0.3 is 18.5 Å². The number of ether oxygens (including phenoxy) is 2. The molecular weight excluding hydrogens is 506 g/mol. The number of hydrogen-bond acceptors (Lipinski definition) is 3. The van der Waals surface area contributed by atoms with E-state index in [0.29, 0.717) is 0 Å². The van der Waals surface area contributed by atoms with E-state index in [0.717, 1.165) is 61.4 Å². The lowest BCUT2D eigenvalue weighted by Gasteiger charge is -2.13. The van der Waals surface area contributed by atoms with Crippen molar-refractivity contribution in [3.8, 4) is 39.4 Å². The molecule has 0 amide bonds. The van der Waals surface area contributed by atoms with Gasteiger partial charge in [0.1, 0.15) is 22.7 Å². The second-order valence-corrected chi connectivity index (χ2v) is 10.5. The fourth-order valence-corrected chi connectivity index (χ4v) is 6.30. The molecule has 0 unspecified atom stereocenters. The molecule has 1 aliphatic rings. The van der Waals surface area contributed by atoms with E-state index in [1.165, 1.54) is 21.8 Å². The summed E-state index contributed by atoms with van der Waals surface area (Å²) in [5, 5.41) is 4.71. The monoisotopic (exact) mass is 529 g/mol. The zero-order valence-electron chi connectivity index (χ0n) is 22.0. The van der Waals surface area contributed by atoms with E-state index in [9.17, 15) is 0 Å². The molecule has 0 bridgehead atoms. The molecule has 2 aromatic heterocycles. The Balaban J connectivity index is 1.24. The van der Waals surface area contributed by atoms with E-state index >= 15 is 0 Å². The van der Waals surface area contributed by atoms with Crippen LogP contribution in [0.15, 0.2) is 132 Å². The van der Waals surface area contributed by atoms with Crippen LogP contribution in [0.25, 0.3) is 71.7 Å². The van der Waals surface area contributed by atoms with Gasteiger partial charge in [-0.1, -0.05) is 66.7 Å². The lowest BCUT2D eigenvalue weighted by Crippen LogP contribution is -2.03. The number of benzene rings is 6. The summed E-state index contributed by atoms with van der Waals surface area (Å²) >= 11 is 0. The highest BCUT2D eigenvalue weighted by atomic mass is 16.7. The SMILES string of the molecule is c1ccc2c(c1)oc1ccc(-c3ccc4c(c3)-c3cc(-n5c6ccccc6c6ccccc65)ccc3OCO4)cc12. The summed E-state index contributed by atoms with van der Waals surface area (Å²) in [6, 6.07) is 44.5. The third-order valence-corrected chi connectivity index (χ3v) is 8.21. The van der Waals surface area contributed by atoms with E-state index < -0.39 is 0 Å². The molecule has 0 N–H and O–H groups in total. The first kappa shape index (κ1) is 22.3. The Morgan fingerprint density at radius 2 is 1.05 bits per heavy atom. The number of fused-ring (bicyclic) bond motifs is 9. The van der Waals surface area contributed by atoms with Gasteiger partial charge in [-0.25, -0.2) is 0 Å². The van der Waals surface area contributed by atoms with Gasteiger partial charge in [0, 0.05) is 38.4 Å². The average molecular weight is 530 g/mol. The van der Waals surface area contributed by atoms with Crippen LogP contribution in [-0.2, 0) is 0 Å². The molecule has 1 aliphatic heterocycles. The molecule has 41 heavy (non-hydrogen) atoms. The Morgan fingerprint density at radius 3 is 1.83 bits per heavy atom. The molecular formula is C37H23NO3. The minimum atomic E-state index is 0.168. The topological polar surface area (TPSA) is 36.5 Å². The predicted molar refractivity (Wildman–Crippen MR) is 165 cm³/mol. The maximum absolute atomic E-state index is 6.08. The molecule has 6 aromatic carbocycles. The van der Waals surface area contributed by atoms with Crippen LogP contribution in [0, 0.1) is 0 Å². The molecule has 0 spiro atoms. The van der Waals surface area contributed by atoms with E-state index in [-0.39, 0.29) is 6.79 Å². The quantitative estimate of drug-likeness (QED) is 0.224. The number of furan rings is 1. The first-order valence-electron chi connectivity index (χ1n) is 13.8. The normalized spacial score (nSPS) is 12.7. The predicted octanol–water partition coefficient (Wildman–Crippen LogP) is 9.75. The Hall–Kier alpha value is -5.48. The first-order valence-corrected chi connectivity index (χ1v) is 13.8. The summed E-state index contributed by atoms with van der Waals surface area (Å²) in [6.07, 6.45) is 0. The molecule has 194 valence electrons. The zero-order chi connectivity index (χ0) is 26.9. The Kier molecular flexibility index (Phi) is 4.64. The fourth-order valence-electron chi connectivity index (χ4n) is 6.30. The average Bonchev–Trinajstić information content (AvgIpc) is 3.50. The van der Waals surface area contributed by atoms with Crippen LogP contribution in [-0.4, -0.2) is 11.4 Å². The molecule has 0 atom stereocenters. The van der Waals surface area contributed by atoms with Crippen molar-refractivity contribution in [2.24, 2.45) is 0 Å². The maximum Gasteiger partial charge on any atom is 0.230 e. The highest BCUT2D eigenvalue weighted by Gasteiger charge is 2.20. The molecule has 0 saturated heterocycles. The van der Waals surface area contributed by atoms with Crippen molar-refractivity contribution in [3.05, 3.63) is 127 Å². The number of hydrogen-bond donors (Lipinski definition) is 0. The summed E-state index contributed by atoms with van der Waals surface area (Å²) < 4.78 is 20.5. The van der Waals surface area contributed by atoms with Crippen LogP contribution in [0.5, 0.6) is 11.5 Å². The van der Waals surface area contributed by atoms with Crippen LogP contribution < -0.4 is 9.47 Å². The van der Waals surface area contributed by atoms with Crippen molar-refractivity contribution >= 4 is 43.7 Å². The maximum atomic E-state index is 6.08. The molecule has 4 heteroatoms. The molecule has 0 radical (unpaired) electrons. The minimum absolute atomic E-state index is 0.168. The molecule has 0 aliphatic carbocycles. The standard InChI is InChI=1S/C37H23NO3/c1-4-10-32-26(7-1)27-8-2-5-11-33(27)38(32)25-15-18-35-31(21-25)30-20-23(13-16-34(30)39-22-40-35)24-14-17-37-29(19-24)28-9-3-6-12-36(28)41-37/h1-21H,22H2.